The highest BCUT2D eigenvalue weighted by molar-refractivity contribution is 6.01. The summed E-state index contributed by atoms with van der Waals surface area (Å²) in [5, 5.41) is 17.7. The number of aromatic carboxylic acids is 1. The summed E-state index contributed by atoms with van der Waals surface area (Å²) < 4.78 is 41.4. The summed E-state index contributed by atoms with van der Waals surface area (Å²) >= 11 is 0. The molecular formula is C78H80FN21O11. The lowest BCUT2D eigenvalue weighted by Crippen LogP contribution is -2.45. The number of benzene rings is 4. The lowest BCUT2D eigenvalue weighted by atomic mass is 9.98. The number of aromatic amines is 3. The SMILES string of the molecule is CCOC(=O)Nc1nc2c(-c3ccc(F)cn3)cc(-c3ccc(CN4CCOCC4)nc3)cc2[nH]1.CCOC(=O)Nc1nc2c(-c3ncccn3)cc(-c3ccc4c(c3)c(=O)c(C(=O)O)cn4CC(C)C)cc2[nH]1.CCOC(=O)Nc1nc2c(-c3ncccn3)cc(-c3cnc(OCCN4CCN(C)CC4)nc3)cc2[nH]1. The van der Waals surface area contributed by atoms with Gasteiger partial charge in [-0.2, -0.15) is 0 Å². The Balaban J connectivity index is 0.000000146. The van der Waals surface area contributed by atoms with Gasteiger partial charge in [-0.05, 0) is 135 Å². The number of halogens is 1. The molecule has 570 valence electrons. The normalized spacial score (nSPS) is 13.3. The van der Waals surface area contributed by atoms with Crippen LogP contribution in [0.3, 0.4) is 0 Å². The largest absolute Gasteiger partial charge is 0.477 e. The maximum absolute atomic E-state index is 13.5. The van der Waals surface area contributed by atoms with Gasteiger partial charge < -0.3 is 53.2 Å². The topological polar surface area (TPSA) is 392 Å². The van der Waals surface area contributed by atoms with Gasteiger partial charge in [0.1, 0.15) is 29.0 Å². The molecular weight excluding hydrogens is 1430 g/mol. The van der Waals surface area contributed by atoms with Crippen LogP contribution < -0.4 is 26.1 Å². The maximum Gasteiger partial charge on any atom is 0.413 e. The van der Waals surface area contributed by atoms with Crippen molar-refractivity contribution in [3.63, 3.8) is 0 Å². The zero-order valence-electron chi connectivity index (χ0n) is 61.7. The highest BCUT2D eigenvalue weighted by atomic mass is 19.1. The average Bonchev–Trinajstić information content (AvgIpc) is 1.70. The number of nitrogens with zero attached hydrogens (tertiary/aromatic N) is 15. The molecule has 32 nitrogen and oxygen atoms in total. The Hall–Kier alpha value is -13.1. The first-order valence-corrected chi connectivity index (χ1v) is 36.0. The Morgan fingerprint density at radius 1 is 0.568 bits per heavy atom. The number of carboxylic acid groups (broad SMARTS) is 1. The Kier molecular flexibility index (Phi) is 24.2. The molecule has 2 fully saturated rings. The second-order valence-corrected chi connectivity index (χ2v) is 26.2. The van der Waals surface area contributed by atoms with Crippen molar-refractivity contribution >= 4 is 86.1 Å². The molecule has 0 spiro atoms. The third-order valence-electron chi connectivity index (χ3n) is 17.9. The molecule has 9 aromatic heterocycles. The van der Waals surface area contributed by atoms with Gasteiger partial charge in [-0.1, -0.05) is 26.0 Å². The second-order valence-electron chi connectivity index (χ2n) is 26.2. The number of H-pyrrole nitrogens is 3. The molecule has 7 N–H and O–H groups in total. The number of rotatable bonds is 21. The van der Waals surface area contributed by atoms with E-state index in [9.17, 15) is 33.5 Å². The first-order valence-electron chi connectivity index (χ1n) is 36.0. The van der Waals surface area contributed by atoms with Crippen LogP contribution in [-0.4, -0.2) is 211 Å². The Morgan fingerprint density at radius 3 is 1.59 bits per heavy atom. The van der Waals surface area contributed by atoms with Crippen LogP contribution in [0.2, 0.25) is 0 Å². The second kappa shape index (κ2) is 35.3. The van der Waals surface area contributed by atoms with E-state index < -0.39 is 35.5 Å². The third-order valence-corrected chi connectivity index (χ3v) is 17.9. The smallest absolute Gasteiger partial charge is 0.413 e. The number of nitrogens with one attached hydrogen (secondary N) is 6. The number of amides is 3. The van der Waals surface area contributed by atoms with Gasteiger partial charge in [-0.3, -0.25) is 40.5 Å². The van der Waals surface area contributed by atoms with E-state index in [4.69, 9.17) is 23.7 Å². The summed E-state index contributed by atoms with van der Waals surface area (Å²) in [6.07, 6.45) is 12.6. The number of carboxylic acids is 1. The van der Waals surface area contributed by atoms with E-state index in [1.807, 2.05) is 85.3 Å². The number of imidazole rings is 3. The van der Waals surface area contributed by atoms with Crippen LogP contribution in [0.15, 0.2) is 152 Å². The van der Waals surface area contributed by atoms with Crippen LogP contribution >= 0.6 is 0 Å². The summed E-state index contributed by atoms with van der Waals surface area (Å²) in [5.74, 6) is 0.188. The maximum atomic E-state index is 13.5. The van der Waals surface area contributed by atoms with Crippen molar-refractivity contribution in [3.8, 4) is 73.4 Å². The number of anilines is 3. The molecule has 11 heterocycles. The van der Waals surface area contributed by atoms with Gasteiger partial charge in [0, 0.05) is 142 Å². The standard InChI is InChI=1S/C28H26N6O5.C25H25FN6O3.C25H29N9O3/c1-4-39-28(38)33-27-31-21-12-17(11-19(23(21)32-27)25-29-8-5-9-30-25)16-6-7-22-18(10-16)24(35)20(26(36)37)14-34(22)13-15(2)3;1-2-35-25(33)31-24-29-22-12-17(11-20(23(22)30-24)21-6-4-18(26)14-28-21)16-3-5-19(27-13-16)15-32-7-9-34-10-8-32;1-3-36-25(35)32-23-30-20-14-17(13-19(21(20)31-23)22-26-5-4-6-27-22)18-15-28-24(29-16-18)37-12-11-34-9-7-33(2)8-10-34/h5-12,14-15H,4,13H2,1-3H3,(H,36,37)(H2,31,32,33,38);3-6,11-14H,2,7-10,15H2,1H3,(H2,29,30,31,33);4-6,13-16H,3,7-12H2,1-2H3,(H2,30,31,32,35). The van der Waals surface area contributed by atoms with E-state index in [1.54, 1.807) is 82.2 Å². The van der Waals surface area contributed by atoms with E-state index in [-0.39, 0.29) is 49.1 Å². The average molecular weight is 1510 g/mol. The zero-order valence-corrected chi connectivity index (χ0v) is 61.7. The van der Waals surface area contributed by atoms with Crippen LogP contribution in [-0.2, 0) is 32.0 Å². The summed E-state index contributed by atoms with van der Waals surface area (Å²) in [7, 11) is 2.14. The number of carbonyl (C=O) groups is 4. The molecule has 111 heavy (non-hydrogen) atoms. The van der Waals surface area contributed by atoms with Gasteiger partial charge in [0.15, 0.2) is 11.6 Å². The lowest BCUT2D eigenvalue weighted by molar-refractivity contribution is 0.0336. The molecule has 2 aliphatic heterocycles. The first kappa shape index (κ1) is 76.1. The predicted octanol–water partition coefficient (Wildman–Crippen LogP) is 11.8. The Labute approximate surface area is 634 Å². The number of likely N-dealkylation sites (N-methyl/N-ethyl adjacent to an activating group) is 1. The fraction of sp³-hybridized carbons (Fsp3) is 0.282. The van der Waals surface area contributed by atoms with Crippen LogP contribution in [0, 0.1) is 11.7 Å². The molecule has 4 aromatic carbocycles. The number of fused-ring (bicyclic) bond motifs is 4. The van der Waals surface area contributed by atoms with Crippen molar-refractivity contribution in [2.45, 2.75) is 47.7 Å². The van der Waals surface area contributed by atoms with Crippen molar-refractivity contribution < 1.29 is 52.4 Å². The monoisotopic (exact) mass is 1510 g/mol. The highest BCUT2D eigenvalue weighted by Crippen LogP contribution is 2.37. The van der Waals surface area contributed by atoms with E-state index in [2.05, 4.69) is 107 Å². The van der Waals surface area contributed by atoms with E-state index in [0.717, 1.165) is 93.5 Å². The number of carbonyl (C=O) groups excluding carboxylic acids is 3. The molecule has 2 aliphatic rings. The highest BCUT2D eigenvalue weighted by Gasteiger charge is 2.23. The molecule has 0 radical (unpaired) electrons. The summed E-state index contributed by atoms with van der Waals surface area (Å²) in [6.45, 7) is 20.2. The van der Waals surface area contributed by atoms with Crippen molar-refractivity contribution in [3.05, 3.63) is 174 Å². The quantitative estimate of drug-likeness (QED) is 0.0329. The van der Waals surface area contributed by atoms with Gasteiger partial charge in [0.25, 0.3) is 0 Å². The fourth-order valence-corrected chi connectivity index (χ4v) is 12.6. The minimum atomic E-state index is -1.27. The molecule has 0 bridgehead atoms. The van der Waals surface area contributed by atoms with Gasteiger partial charge in [-0.25, -0.2) is 68.4 Å². The summed E-state index contributed by atoms with van der Waals surface area (Å²) in [6, 6.07) is 27.6. The van der Waals surface area contributed by atoms with Gasteiger partial charge in [0.2, 0.25) is 23.3 Å². The van der Waals surface area contributed by atoms with E-state index >= 15 is 0 Å². The van der Waals surface area contributed by atoms with Crippen LogP contribution in [0.4, 0.5) is 36.6 Å². The van der Waals surface area contributed by atoms with Crippen LogP contribution in [0.25, 0.3) is 111 Å². The molecule has 0 unspecified atom stereocenters. The number of piperazine rings is 1. The third kappa shape index (κ3) is 18.9. The van der Waals surface area contributed by atoms with E-state index in [1.165, 1.54) is 18.5 Å². The first-order chi connectivity index (χ1) is 53.9. The molecule has 0 saturated carbocycles. The summed E-state index contributed by atoms with van der Waals surface area (Å²) in [5.41, 5.74) is 11.9. The molecule has 33 heteroatoms. The minimum absolute atomic E-state index is 0.193. The van der Waals surface area contributed by atoms with Gasteiger partial charge in [-0.15, -0.1) is 0 Å². The molecule has 13 aromatic rings. The molecule has 0 aliphatic carbocycles. The van der Waals surface area contributed by atoms with Crippen LogP contribution in [0.5, 0.6) is 6.01 Å². The molecule has 0 atom stereocenters. The number of pyridine rings is 3. The van der Waals surface area contributed by atoms with E-state index in [0.29, 0.717) is 108 Å². The van der Waals surface area contributed by atoms with Crippen molar-refractivity contribution in [2.24, 2.45) is 5.92 Å². The number of hydrogen-bond donors (Lipinski definition) is 7. The lowest BCUT2D eigenvalue weighted by Gasteiger charge is -2.31. The van der Waals surface area contributed by atoms with Gasteiger partial charge >= 0.3 is 30.3 Å². The van der Waals surface area contributed by atoms with Crippen molar-refractivity contribution in [1.82, 2.24) is 89.0 Å². The number of morpholine rings is 1. The predicted molar refractivity (Wildman–Crippen MR) is 414 cm³/mol. The van der Waals surface area contributed by atoms with Crippen molar-refractivity contribution in [1.29, 1.82) is 0 Å². The number of ether oxygens (including phenoxy) is 5. The Morgan fingerprint density at radius 2 is 1.08 bits per heavy atom. The van der Waals surface area contributed by atoms with Crippen LogP contribution in [0.1, 0.15) is 50.7 Å². The zero-order chi connectivity index (χ0) is 77.5. The number of hydrogen-bond acceptors (Lipinski definition) is 24. The Bertz CT molecular complexity index is 5500. The molecule has 3 amide bonds. The molecule has 15 rings (SSSR count). The fourth-order valence-electron chi connectivity index (χ4n) is 12.6. The number of aromatic nitrogens is 15. The summed E-state index contributed by atoms with van der Waals surface area (Å²) in [4.78, 5) is 126. The minimum Gasteiger partial charge on any atom is -0.477 e. The van der Waals surface area contributed by atoms with Gasteiger partial charge in [0.05, 0.1) is 78.2 Å². The van der Waals surface area contributed by atoms with Crippen molar-refractivity contribution in [2.75, 3.05) is 108 Å². The molecule has 2 saturated heterocycles.